The number of hydrogen-bond acceptors (Lipinski definition) is 4. The smallest absolute Gasteiger partial charge is 0.175 e. The number of aryl methyl sites for hydroxylation is 1. The molecule has 0 aliphatic heterocycles. The van der Waals surface area contributed by atoms with E-state index in [-0.39, 0.29) is 6.61 Å². The van der Waals surface area contributed by atoms with Gasteiger partial charge < -0.3 is 10.2 Å². The first-order valence-corrected chi connectivity index (χ1v) is 12.2. The Morgan fingerprint density at radius 1 is 0.931 bits per heavy atom. The van der Waals surface area contributed by atoms with Crippen molar-refractivity contribution in [3.8, 4) is 5.75 Å². The van der Waals surface area contributed by atoms with Gasteiger partial charge in [0.1, 0.15) is 5.75 Å². The molecule has 29 heavy (non-hydrogen) atoms. The number of rotatable bonds is 8. The second-order valence-corrected chi connectivity index (χ2v) is 9.85. The summed E-state index contributed by atoms with van der Waals surface area (Å²) in [5.74, 6) is 0.298. The number of allylic oxidation sites excluding steroid dienone is 2. The van der Waals surface area contributed by atoms with Gasteiger partial charge in [0.15, 0.2) is 9.84 Å². The van der Waals surface area contributed by atoms with Crippen LogP contribution in [0.5, 0.6) is 5.75 Å². The fourth-order valence-electron chi connectivity index (χ4n) is 4.13. The Bertz CT molecular complexity index is 972. The molecule has 2 aromatic carbocycles. The van der Waals surface area contributed by atoms with Crippen molar-refractivity contribution in [2.24, 2.45) is 0 Å². The topological polar surface area (TPSA) is 74.6 Å². The van der Waals surface area contributed by atoms with Crippen molar-refractivity contribution in [2.75, 3.05) is 12.9 Å². The van der Waals surface area contributed by atoms with E-state index in [1.807, 2.05) is 24.3 Å². The number of unbranched alkanes of at least 4 members (excludes halogenated alkanes) is 3. The van der Waals surface area contributed by atoms with Crippen molar-refractivity contribution >= 4 is 21.0 Å². The van der Waals surface area contributed by atoms with Crippen molar-refractivity contribution in [1.29, 1.82) is 0 Å². The highest BCUT2D eigenvalue weighted by Crippen LogP contribution is 2.39. The van der Waals surface area contributed by atoms with Gasteiger partial charge >= 0.3 is 0 Å². The van der Waals surface area contributed by atoms with E-state index in [0.717, 1.165) is 56.9 Å². The first kappa shape index (κ1) is 21.6. The van der Waals surface area contributed by atoms with Crippen LogP contribution >= 0.6 is 0 Å². The Kier molecular flexibility index (Phi) is 7.14. The largest absolute Gasteiger partial charge is 0.508 e. The molecule has 0 atom stereocenters. The Balaban J connectivity index is 1.99. The number of hydrogen-bond donors (Lipinski definition) is 2. The lowest BCUT2D eigenvalue weighted by molar-refractivity contribution is 0.282. The number of benzene rings is 2. The minimum absolute atomic E-state index is 0.239. The monoisotopic (exact) mass is 414 g/mol. The van der Waals surface area contributed by atoms with Crippen LogP contribution in [0.2, 0.25) is 0 Å². The average Bonchev–Trinajstić information content (AvgIpc) is 2.86. The number of aromatic hydroxyl groups is 1. The molecular weight excluding hydrogens is 384 g/mol. The van der Waals surface area contributed by atoms with Crippen LogP contribution in [0.3, 0.4) is 0 Å². The highest BCUT2D eigenvalue weighted by molar-refractivity contribution is 7.90. The summed E-state index contributed by atoms with van der Waals surface area (Å²) in [6.45, 7) is 0.239. The zero-order valence-corrected chi connectivity index (χ0v) is 17.8. The fourth-order valence-corrected chi connectivity index (χ4v) is 4.76. The SMILES string of the molecule is CS(=O)(=O)c1ccc(C2=C(CCCCCCO)c3ccc(O)cc3CCC2)cc1. The summed E-state index contributed by atoms with van der Waals surface area (Å²) in [5, 5.41) is 18.9. The number of phenols is 1. The first-order chi connectivity index (χ1) is 13.9. The van der Waals surface area contributed by atoms with E-state index in [2.05, 4.69) is 0 Å². The molecule has 2 aromatic rings. The van der Waals surface area contributed by atoms with Gasteiger partial charge in [0.2, 0.25) is 0 Å². The summed E-state index contributed by atoms with van der Waals surface area (Å²) in [5.41, 5.74) is 6.02. The number of aliphatic hydroxyl groups excluding tert-OH is 1. The molecule has 2 N–H and O–H groups in total. The van der Waals surface area contributed by atoms with Crippen LogP contribution in [0.25, 0.3) is 11.1 Å². The van der Waals surface area contributed by atoms with E-state index in [0.29, 0.717) is 10.6 Å². The number of aliphatic hydroxyl groups is 1. The Morgan fingerprint density at radius 2 is 1.66 bits per heavy atom. The van der Waals surface area contributed by atoms with Gasteiger partial charge in [0, 0.05) is 12.9 Å². The van der Waals surface area contributed by atoms with Crippen LogP contribution in [0.4, 0.5) is 0 Å². The molecule has 1 aliphatic carbocycles. The molecule has 0 amide bonds. The molecule has 0 heterocycles. The highest BCUT2D eigenvalue weighted by Gasteiger charge is 2.19. The summed E-state index contributed by atoms with van der Waals surface area (Å²) in [6, 6.07) is 12.9. The fraction of sp³-hybridized carbons (Fsp3) is 0.417. The van der Waals surface area contributed by atoms with Gasteiger partial charge in [-0.25, -0.2) is 8.42 Å². The van der Waals surface area contributed by atoms with Gasteiger partial charge in [-0.05, 0) is 90.6 Å². The van der Waals surface area contributed by atoms with E-state index in [4.69, 9.17) is 5.11 Å². The van der Waals surface area contributed by atoms with Crippen LogP contribution in [-0.2, 0) is 16.3 Å². The molecule has 0 bridgehead atoms. The molecule has 156 valence electrons. The second-order valence-electron chi connectivity index (χ2n) is 7.84. The van der Waals surface area contributed by atoms with Crippen molar-refractivity contribution in [3.63, 3.8) is 0 Å². The highest BCUT2D eigenvalue weighted by atomic mass is 32.2. The van der Waals surface area contributed by atoms with Gasteiger partial charge in [-0.1, -0.05) is 31.0 Å². The van der Waals surface area contributed by atoms with E-state index >= 15 is 0 Å². The standard InChI is InChI=1S/C24H30O4S/c1-29(27,28)21-13-10-18(11-14-21)22-9-6-7-19-17-20(26)12-15-23(19)24(22)8-4-2-3-5-16-25/h10-15,17,25-26H,2-9,16H2,1H3. The quantitative estimate of drug-likeness (QED) is 0.597. The first-order valence-electron chi connectivity index (χ1n) is 10.4. The number of fused-ring (bicyclic) bond motifs is 1. The zero-order chi connectivity index (χ0) is 20.9. The molecule has 0 aromatic heterocycles. The summed E-state index contributed by atoms with van der Waals surface area (Å²) < 4.78 is 23.6. The molecule has 0 saturated carbocycles. The lowest BCUT2D eigenvalue weighted by Crippen LogP contribution is -1.98. The maximum absolute atomic E-state index is 11.8. The predicted molar refractivity (Wildman–Crippen MR) is 118 cm³/mol. The molecule has 5 heteroatoms. The third kappa shape index (κ3) is 5.49. The minimum atomic E-state index is -3.21. The second kappa shape index (κ2) is 9.59. The van der Waals surface area contributed by atoms with Crippen molar-refractivity contribution < 1.29 is 18.6 Å². The van der Waals surface area contributed by atoms with E-state index in [9.17, 15) is 13.5 Å². The van der Waals surface area contributed by atoms with Crippen LogP contribution in [-0.4, -0.2) is 31.5 Å². The molecule has 3 rings (SSSR count). The Hall–Kier alpha value is -2.11. The number of sulfone groups is 1. The van der Waals surface area contributed by atoms with Gasteiger partial charge in [-0.2, -0.15) is 0 Å². The molecule has 4 nitrogen and oxygen atoms in total. The average molecular weight is 415 g/mol. The molecule has 0 radical (unpaired) electrons. The lowest BCUT2D eigenvalue weighted by atomic mass is 9.89. The third-order valence-corrected chi connectivity index (χ3v) is 6.75. The molecule has 0 spiro atoms. The zero-order valence-electron chi connectivity index (χ0n) is 17.0. The van der Waals surface area contributed by atoms with Gasteiger partial charge in [0.25, 0.3) is 0 Å². The van der Waals surface area contributed by atoms with E-state index in [1.54, 1.807) is 18.2 Å². The van der Waals surface area contributed by atoms with E-state index in [1.165, 1.54) is 28.5 Å². The van der Waals surface area contributed by atoms with Crippen LogP contribution in [0.1, 0.15) is 61.6 Å². The molecule has 0 fully saturated rings. The van der Waals surface area contributed by atoms with E-state index < -0.39 is 9.84 Å². The summed E-state index contributed by atoms with van der Waals surface area (Å²) in [7, 11) is -3.21. The maximum Gasteiger partial charge on any atom is 0.175 e. The normalized spacial score (nSPS) is 14.6. The van der Waals surface area contributed by atoms with Gasteiger partial charge in [-0.15, -0.1) is 0 Å². The van der Waals surface area contributed by atoms with Crippen molar-refractivity contribution in [3.05, 3.63) is 59.2 Å². The summed E-state index contributed by atoms with van der Waals surface area (Å²) in [6.07, 6.45) is 8.97. The maximum atomic E-state index is 11.8. The Labute approximate surface area is 173 Å². The van der Waals surface area contributed by atoms with Crippen LogP contribution in [0, 0.1) is 0 Å². The summed E-state index contributed by atoms with van der Waals surface area (Å²) >= 11 is 0. The molecular formula is C24H30O4S. The molecule has 0 unspecified atom stereocenters. The summed E-state index contributed by atoms with van der Waals surface area (Å²) in [4.78, 5) is 0.339. The number of phenolic OH excluding ortho intramolecular Hbond substituents is 1. The Morgan fingerprint density at radius 3 is 2.34 bits per heavy atom. The molecule has 1 aliphatic rings. The predicted octanol–water partition coefficient (Wildman–Crippen LogP) is 4.99. The van der Waals surface area contributed by atoms with Gasteiger partial charge in [0.05, 0.1) is 4.90 Å². The molecule has 0 saturated heterocycles. The van der Waals surface area contributed by atoms with Crippen molar-refractivity contribution in [1.82, 2.24) is 0 Å². The minimum Gasteiger partial charge on any atom is -0.508 e. The third-order valence-electron chi connectivity index (χ3n) is 5.62. The van der Waals surface area contributed by atoms with Crippen LogP contribution < -0.4 is 0 Å². The van der Waals surface area contributed by atoms with Crippen molar-refractivity contribution in [2.45, 2.75) is 56.3 Å². The van der Waals surface area contributed by atoms with Crippen LogP contribution in [0.15, 0.2) is 47.4 Å². The van der Waals surface area contributed by atoms with Gasteiger partial charge in [-0.3, -0.25) is 0 Å². The lowest BCUT2D eigenvalue weighted by Gasteiger charge is -2.16.